The number of phenolic OH excluding ortho intramolecular Hbond substituents is 1. The predicted octanol–water partition coefficient (Wildman–Crippen LogP) is 2.31. The zero-order valence-electron chi connectivity index (χ0n) is 14.1. The van der Waals surface area contributed by atoms with Crippen molar-refractivity contribution in [2.45, 2.75) is 19.9 Å². The number of benzene rings is 2. The van der Waals surface area contributed by atoms with Crippen LogP contribution in [0.3, 0.4) is 0 Å². The molecule has 6 nitrogen and oxygen atoms in total. The normalized spacial score (nSPS) is 10.3. The SMILES string of the molecule is CCCN(Cc1ccccc1O)C(=O)COc1cccc(C(N)=O)c1. The zero-order chi connectivity index (χ0) is 18.2. The Hall–Kier alpha value is -3.02. The van der Waals surface area contributed by atoms with Crippen molar-refractivity contribution in [3.05, 3.63) is 59.7 Å². The van der Waals surface area contributed by atoms with Crippen molar-refractivity contribution in [2.75, 3.05) is 13.2 Å². The van der Waals surface area contributed by atoms with Gasteiger partial charge in [0.2, 0.25) is 5.91 Å². The molecule has 2 aromatic carbocycles. The number of ether oxygens (including phenoxy) is 1. The van der Waals surface area contributed by atoms with Gasteiger partial charge in [0, 0.05) is 24.2 Å². The molecule has 0 aliphatic carbocycles. The van der Waals surface area contributed by atoms with Crippen LogP contribution in [-0.4, -0.2) is 35.0 Å². The minimum atomic E-state index is -0.552. The average Bonchev–Trinajstić information content (AvgIpc) is 2.61. The topological polar surface area (TPSA) is 92.9 Å². The zero-order valence-corrected chi connectivity index (χ0v) is 14.1. The lowest BCUT2D eigenvalue weighted by Crippen LogP contribution is -2.35. The van der Waals surface area contributed by atoms with Crippen LogP contribution in [0, 0.1) is 0 Å². The smallest absolute Gasteiger partial charge is 0.260 e. The van der Waals surface area contributed by atoms with Gasteiger partial charge < -0.3 is 20.5 Å². The van der Waals surface area contributed by atoms with Gasteiger partial charge >= 0.3 is 0 Å². The van der Waals surface area contributed by atoms with Crippen molar-refractivity contribution >= 4 is 11.8 Å². The molecule has 0 heterocycles. The van der Waals surface area contributed by atoms with Gasteiger partial charge in [0.05, 0.1) is 0 Å². The number of carbonyl (C=O) groups is 2. The van der Waals surface area contributed by atoms with Crippen molar-refractivity contribution < 1.29 is 19.4 Å². The second-order valence-electron chi connectivity index (χ2n) is 5.62. The summed E-state index contributed by atoms with van der Waals surface area (Å²) in [5, 5.41) is 9.89. The fourth-order valence-corrected chi connectivity index (χ4v) is 2.39. The second kappa shape index (κ2) is 8.73. The number of amides is 2. The summed E-state index contributed by atoms with van der Waals surface area (Å²) in [6, 6.07) is 13.3. The third-order valence-electron chi connectivity index (χ3n) is 3.68. The lowest BCUT2D eigenvalue weighted by atomic mass is 10.2. The van der Waals surface area contributed by atoms with Gasteiger partial charge in [0.25, 0.3) is 5.91 Å². The molecule has 0 aromatic heterocycles. The number of aromatic hydroxyl groups is 1. The van der Waals surface area contributed by atoms with Gasteiger partial charge in [-0.05, 0) is 30.7 Å². The fourth-order valence-electron chi connectivity index (χ4n) is 2.39. The Kier molecular flexibility index (Phi) is 6.39. The molecular weight excluding hydrogens is 320 g/mol. The summed E-state index contributed by atoms with van der Waals surface area (Å²) in [6.45, 7) is 2.68. The monoisotopic (exact) mass is 342 g/mol. The molecule has 6 heteroatoms. The van der Waals surface area contributed by atoms with Gasteiger partial charge in [0.1, 0.15) is 11.5 Å². The summed E-state index contributed by atoms with van der Waals surface area (Å²) in [7, 11) is 0. The Morgan fingerprint density at radius 2 is 1.92 bits per heavy atom. The molecule has 0 unspecified atom stereocenters. The van der Waals surface area contributed by atoms with Gasteiger partial charge in [-0.1, -0.05) is 31.2 Å². The number of hydrogen-bond donors (Lipinski definition) is 2. The molecule has 0 radical (unpaired) electrons. The predicted molar refractivity (Wildman–Crippen MR) is 94.3 cm³/mol. The van der Waals surface area contributed by atoms with E-state index in [1.807, 2.05) is 13.0 Å². The van der Waals surface area contributed by atoms with Crippen LogP contribution in [-0.2, 0) is 11.3 Å². The molecule has 0 atom stereocenters. The number of phenols is 1. The maximum atomic E-state index is 12.5. The Balaban J connectivity index is 2.01. The minimum Gasteiger partial charge on any atom is -0.508 e. The Bertz CT molecular complexity index is 746. The van der Waals surface area contributed by atoms with E-state index >= 15 is 0 Å². The average molecular weight is 342 g/mol. The molecule has 2 rings (SSSR count). The van der Waals surface area contributed by atoms with Gasteiger partial charge in [-0.3, -0.25) is 9.59 Å². The second-order valence-corrected chi connectivity index (χ2v) is 5.62. The molecule has 0 fully saturated rings. The number of carbonyl (C=O) groups excluding carboxylic acids is 2. The van der Waals surface area contributed by atoms with Crippen molar-refractivity contribution in [3.8, 4) is 11.5 Å². The Labute approximate surface area is 146 Å². The first-order valence-electron chi connectivity index (χ1n) is 8.08. The molecule has 2 amide bonds. The third kappa shape index (κ3) is 5.24. The highest BCUT2D eigenvalue weighted by atomic mass is 16.5. The van der Waals surface area contributed by atoms with E-state index in [2.05, 4.69) is 0 Å². The van der Waals surface area contributed by atoms with Crippen LogP contribution in [0.1, 0.15) is 29.3 Å². The number of nitrogens with zero attached hydrogens (tertiary/aromatic N) is 1. The minimum absolute atomic E-state index is 0.157. The summed E-state index contributed by atoms with van der Waals surface area (Å²) in [5.74, 6) is -0.186. The van der Waals surface area contributed by atoms with E-state index in [9.17, 15) is 14.7 Å². The number of para-hydroxylation sites is 1. The molecule has 25 heavy (non-hydrogen) atoms. The van der Waals surface area contributed by atoms with Crippen LogP contribution in [0.5, 0.6) is 11.5 Å². The molecule has 0 aliphatic rings. The number of hydrogen-bond acceptors (Lipinski definition) is 4. The number of nitrogens with two attached hydrogens (primary N) is 1. The van der Waals surface area contributed by atoms with Crippen molar-refractivity contribution in [3.63, 3.8) is 0 Å². The lowest BCUT2D eigenvalue weighted by molar-refractivity contribution is -0.134. The van der Waals surface area contributed by atoms with Crippen LogP contribution in [0.4, 0.5) is 0 Å². The summed E-state index contributed by atoms with van der Waals surface area (Å²) in [5.41, 5.74) is 6.24. The van der Waals surface area contributed by atoms with Gasteiger partial charge in [-0.15, -0.1) is 0 Å². The standard InChI is InChI=1S/C19H22N2O4/c1-2-10-21(12-15-6-3-4-9-17(15)22)18(23)13-25-16-8-5-7-14(11-16)19(20)24/h3-9,11,22H,2,10,12-13H2,1H3,(H2,20,24). The molecule has 3 N–H and O–H groups in total. The van der Waals surface area contributed by atoms with E-state index in [1.165, 1.54) is 6.07 Å². The molecule has 0 saturated heterocycles. The highest BCUT2D eigenvalue weighted by Gasteiger charge is 2.16. The van der Waals surface area contributed by atoms with E-state index in [-0.39, 0.29) is 18.3 Å². The van der Waals surface area contributed by atoms with Crippen LogP contribution < -0.4 is 10.5 Å². The van der Waals surface area contributed by atoms with Gasteiger partial charge in [-0.25, -0.2) is 0 Å². The molecule has 0 spiro atoms. The van der Waals surface area contributed by atoms with Crippen molar-refractivity contribution in [1.29, 1.82) is 0 Å². The Morgan fingerprint density at radius 3 is 2.60 bits per heavy atom. The third-order valence-corrected chi connectivity index (χ3v) is 3.68. The maximum absolute atomic E-state index is 12.5. The number of primary amides is 1. The largest absolute Gasteiger partial charge is 0.508 e. The first-order valence-corrected chi connectivity index (χ1v) is 8.08. The summed E-state index contributed by atoms with van der Waals surface area (Å²) < 4.78 is 5.49. The van der Waals surface area contributed by atoms with Crippen molar-refractivity contribution in [1.82, 2.24) is 4.90 Å². The van der Waals surface area contributed by atoms with Crippen LogP contribution in [0.2, 0.25) is 0 Å². The van der Waals surface area contributed by atoms with E-state index in [4.69, 9.17) is 10.5 Å². The molecule has 0 bridgehead atoms. The molecule has 132 valence electrons. The van der Waals surface area contributed by atoms with Crippen molar-refractivity contribution in [2.24, 2.45) is 5.73 Å². The highest BCUT2D eigenvalue weighted by Crippen LogP contribution is 2.18. The van der Waals surface area contributed by atoms with Crippen LogP contribution >= 0.6 is 0 Å². The van der Waals surface area contributed by atoms with Crippen LogP contribution in [0.25, 0.3) is 0 Å². The van der Waals surface area contributed by atoms with E-state index in [1.54, 1.807) is 41.3 Å². The maximum Gasteiger partial charge on any atom is 0.260 e. The summed E-state index contributed by atoms with van der Waals surface area (Å²) in [6.07, 6.45) is 0.788. The molecule has 2 aromatic rings. The number of rotatable bonds is 8. The first-order chi connectivity index (χ1) is 12.0. The lowest BCUT2D eigenvalue weighted by Gasteiger charge is -2.22. The van der Waals surface area contributed by atoms with E-state index in [0.29, 0.717) is 30.0 Å². The quantitative estimate of drug-likeness (QED) is 0.770. The molecule has 0 saturated carbocycles. The van der Waals surface area contributed by atoms with Crippen LogP contribution in [0.15, 0.2) is 48.5 Å². The van der Waals surface area contributed by atoms with E-state index < -0.39 is 5.91 Å². The summed E-state index contributed by atoms with van der Waals surface area (Å²) in [4.78, 5) is 25.3. The highest BCUT2D eigenvalue weighted by molar-refractivity contribution is 5.93. The molecule has 0 aliphatic heterocycles. The molecular formula is C19H22N2O4. The van der Waals surface area contributed by atoms with Gasteiger partial charge in [0.15, 0.2) is 6.61 Å². The van der Waals surface area contributed by atoms with E-state index in [0.717, 1.165) is 6.42 Å². The van der Waals surface area contributed by atoms with Gasteiger partial charge in [-0.2, -0.15) is 0 Å². The summed E-state index contributed by atoms with van der Waals surface area (Å²) >= 11 is 0. The first kappa shape index (κ1) is 18.3. The Morgan fingerprint density at radius 1 is 1.16 bits per heavy atom. The fraction of sp³-hybridized carbons (Fsp3) is 0.263.